The zero-order valence-corrected chi connectivity index (χ0v) is 11.9. The van der Waals surface area contributed by atoms with Gasteiger partial charge in [0.1, 0.15) is 11.4 Å². The monoisotopic (exact) mass is 304 g/mol. The van der Waals surface area contributed by atoms with Crippen LogP contribution in [0.4, 0.5) is 0 Å². The van der Waals surface area contributed by atoms with Crippen molar-refractivity contribution < 1.29 is 4.74 Å². The smallest absolute Gasteiger partial charge is 0.172 e. The van der Waals surface area contributed by atoms with Crippen molar-refractivity contribution in [1.29, 1.82) is 0 Å². The van der Waals surface area contributed by atoms with Gasteiger partial charge < -0.3 is 4.74 Å². The molecule has 18 heavy (non-hydrogen) atoms. The van der Waals surface area contributed by atoms with Gasteiger partial charge in [0.25, 0.3) is 0 Å². The Morgan fingerprint density at radius 1 is 1.22 bits per heavy atom. The highest BCUT2D eigenvalue weighted by Crippen LogP contribution is 2.32. The van der Waals surface area contributed by atoms with E-state index in [0.29, 0.717) is 27.4 Å². The number of aromatic amines is 1. The minimum atomic E-state index is 0.302. The van der Waals surface area contributed by atoms with Crippen LogP contribution in [0, 0.1) is 0 Å². The maximum atomic E-state index is 5.92. The van der Waals surface area contributed by atoms with Gasteiger partial charge in [-0.1, -0.05) is 30.1 Å². The second-order valence-corrected chi connectivity index (χ2v) is 4.81. The van der Waals surface area contributed by atoms with Gasteiger partial charge in [-0.25, -0.2) is 0 Å². The fraction of sp³-hybridized carbons (Fsp3) is 0.250. The fourth-order valence-corrected chi connectivity index (χ4v) is 2.25. The summed E-state index contributed by atoms with van der Waals surface area (Å²) in [4.78, 5) is 0. The maximum Gasteiger partial charge on any atom is 0.172 e. The molecule has 3 nitrogen and oxygen atoms in total. The average molecular weight is 306 g/mol. The van der Waals surface area contributed by atoms with Gasteiger partial charge in [-0.05, 0) is 24.6 Å². The third-order valence-electron chi connectivity index (χ3n) is 2.39. The van der Waals surface area contributed by atoms with Gasteiger partial charge in [0.2, 0.25) is 0 Å². The number of benzene rings is 1. The molecule has 0 unspecified atom stereocenters. The number of hydrogen-bond acceptors (Lipinski definition) is 2. The molecule has 1 aromatic heterocycles. The largest absolute Gasteiger partial charge is 0.453 e. The first-order valence-electron chi connectivity index (χ1n) is 5.40. The summed E-state index contributed by atoms with van der Waals surface area (Å²) in [6.07, 6.45) is 0.747. The Labute approximate surface area is 120 Å². The Bertz CT molecular complexity index is 513. The van der Waals surface area contributed by atoms with Gasteiger partial charge in [0, 0.05) is 10.0 Å². The van der Waals surface area contributed by atoms with Crippen LogP contribution in [0.25, 0.3) is 0 Å². The maximum absolute atomic E-state index is 5.92. The van der Waals surface area contributed by atoms with Crippen molar-refractivity contribution in [2.45, 2.75) is 19.2 Å². The molecule has 0 aliphatic carbocycles. The first kappa shape index (κ1) is 13.5. The first-order valence-corrected chi connectivity index (χ1v) is 6.69. The molecule has 1 aromatic carbocycles. The average Bonchev–Trinajstić information content (AvgIpc) is 2.69. The number of aromatic nitrogens is 2. The predicted octanol–water partition coefficient (Wildman–Crippen LogP) is 4.81. The molecular weight excluding hydrogens is 295 g/mol. The highest BCUT2D eigenvalue weighted by Gasteiger charge is 2.14. The van der Waals surface area contributed by atoms with E-state index in [2.05, 4.69) is 10.2 Å². The van der Waals surface area contributed by atoms with Crippen LogP contribution in [0.1, 0.15) is 18.3 Å². The van der Waals surface area contributed by atoms with Crippen molar-refractivity contribution in [1.82, 2.24) is 10.2 Å². The number of alkyl halides is 1. The van der Waals surface area contributed by atoms with Gasteiger partial charge >= 0.3 is 0 Å². The molecule has 1 N–H and O–H groups in total. The lowest BCUT2D eigenvalue weighted by atomic mass is 10.2. The third-order valence-corrected chi connectivity index (χ3v) is 3.09. The van der Waals surface area contributed by atoms with Gasteiger partial charge in [-0.15, -0.1) is 11.6 Å². The summed E-state index contributed by atoms with van der Waals surface area (Å²) in [5, 5.41) is 8.04. The third kappa shape index (κ3) is 2.91. The molecule has 0 saturated carbocycles. The summed E-state index contributed by atoms with van der Waals surface area (Å²) in [6.45, 7) is 1.99. The molecule has 96 valence electrons. The Morgan fingerprint density at radius 2 is 1.89 bits per heavy atom. The normalized spacial score (nSPS) is 10.7. The number of nitrogens with zero attached hydrogens (tertiary/aromatic N) is 1. The number of H-pyrrole nitrogens is 1. The molecule has 0 bridgehead atoms. The van der Waals surface area contributed by atoms with Gasteiger partial charge in [0.05, 0.1) is 11.6 Å². The Kier molecular flexibility index (Phi) is 4.38. The molecule has 0 aliphatic rings. The van der Waals surface area contributed by atoms with Crippen molar-refractivity contribution in [3.8, 4) is 11.5 Å². The Hall–Kier alpha value is -0.900. The van der Waals surface area contributed by atoms with Crippen LogP contribution in [-0.4, -0.2) is 10.2 Å². The van der Waals surface area contributed by atoms with Crippen LogP contribution in [0.3, 0.4) is 0 Å². The second-order valence-electron chi connectivity index (χ2n) is 3.67. The zero-order chi connectivity index (χ0) is 13.1. The highest BCUT2D eigenvalue weighted by molar-refractivity contribution is 6.34. The number of ether oxygens (including phenoxy) is 1. The summed E-state index contributed by atoms with van der Waals surface area (Å²) in [5.74, 6) is 1.51. The summed E-state index contributed by atoms with van der Waals surface area (Å²) >= 11 is 17.7. The van der Waals surface area contributed by atoms with E-state index < -0.39 is 0 Å². The minimum absolute atomic E-state index is 0.302. The van der Waals surface area contributed by atoms with Crippen LogP contribution in [-0.2, 0) is 12.3 Å². The summed E-state index contributed by atoms with van der Waals surface area (Å²) in [7, 11) is 0. The van der Waals surface area contributed by atoms with Crippen molar-refractivity contribution in [2.75, 3.05) is 0 Å². The van der Waals surface area contributed by atoms with E-state index in [-0.39, 0.29) is 0 Å². The van der Waals surface area contributed by atoms with Crippen LogP contribution < -0.4 is 4.74 Å². The number of nitrogens with one attached hydrogen (secondary N) is 1. The lowest BCUT2D eigenvalue weighted by Crippen LogP contribution is -1.91. The van der Waals surface area contributed by atoms with E-state index in [1.807, 2.05) is 6.92 Å². The standard InChI is InChI=1S/C12H11Cl3N2O/c1-2-10-12(11(6-13)17-16-10)18-9-4-7(14)3-8(15)5-9/h3-5H,2,6H2,1H3,(H,16,17). The lowest BCUT2D eigenvalue weighted by Gasteiger charge is -2.07. The molecule has 0 saturated heterocycles. The Balaban J connectivity index is 2.35. The lowest BCUT2D eigenvalue weighted by molar-refractivity contribution is 0.473. The van der Waals surface area contributed by atoms with E-state index in [4.69, 9.17) is 39.5 Å². The van der Waals surface area contributed by atoms with E-state index in [1.165, 1.54) is 0 Å². The SMILES string of the molecule is CCc1n[nH]c(CCl)c1Oc1cc(Cl)cc(Cl)c1. The molecule has 0 radical (unpaired) electrons. The van der Waals surface area contributed by atoms with Gasteiger partial charge in [-0.3, -0.25) is 5.10 Å². The number of hydrogen-bond donors (Lipinski definition) is 1. The van der Waals surface area contributed by atoms with E-state index in [1.54, 1.807) is 18.2 Å². The predicted molar refractivity (Wildman–Crippen MR) is 74.1 cm³/mol. The molecule has 2 aromatic rings. The van der Waals surface area contributed by atoms with Crippen molar-refractivity contribution >= 4 is 34.8 Å². The minimum Gasteiger partial charge on any atom is -0.453 e. The van der Waals surface area contributed by atoms with Crippen LogP contribution >= 0.6 is 34.8 Å². The van der Waals surface area contributed by atoms with Crippen LogP contribution in [0.15, 0.2) is 18.2 Å². The highest BCUT2D eigenvalue weighted by atomic mass is 35.5. The molecule has 0 atom stereocenters. The summed E-state index contributed by atoms with van der Waals surface area (Å²) in [6, 6.07) is 5.03. The summed E-state index contributed by atoms with van der Waals surface area (Å²) in [5.41, 5.74) is 1.56. The van der Waals surface area contributed by atoms with Crippen molar-refractivity contribution in [3.63, 3.8) is 0 Å². The van der Waals surface area contributed by atoms with Crippen molar-refractivity contribution in [2.24, 2.45) is 0 Å². The second kappa shape index (κ2) is 5.83. The molecule has 0 spiro atoms. The zero-order valence-electron chi connectivity index (χ0n) is 9.64. The summed E-state index contributed by atoms with van der Waals surface area (Å²) < 4.78 is 5.78. The molecule has 0 amide bonds. The number of rotatable bonds is 4. The number of aryl methyl sites for hydroxylation is 1. The molecule has 1 heterocycles. The van der Waals surface area contributed by atoms with Crippen LogP contribution in [0.5, 0.6) is 11.5 Å². The van der Waals surface area contributed by atoms with E-state index in [9.17, 15) is 0 Å². The van der Waals surface area contributed by atoms with Crippen LogP contribution in [0.2, 0.25) is 10.0 Å². The molecular formula is C12H11Cl3N2O. The molecule has 0 aliphatic heterocycles. The molecule has 2 rings (SSSR count). The topological polar surface area (TPSA) is 37.9 Å². The van der Waals surface area contributed by atoms with Crippen molar-refractivity contribution in [3.05, 3.63) is 39.6 Å². The first-order chi connectivity index (χ1) is 8.63. The number of halogens is 3. The quantitative estimate of drug-likeness (QED) is 0.823. The fourth-order valence-electron chi connectivity index (χ4n) is 1.57. The molecule has 6 heteroatoms. The van der Waals surface area contributed by atoms with Gasteiger partial charge in [-0.2, -0.15) is 5.10 Å². The van der Waals surface area contributed by atoms with Gasteiger partial charge in [0.15, 0.2) is 5.75 Å². The van der Waals surface area contributed by atoms with E-state index >= 15 is 0 Å². The Morgan fingerprint density at radius 3 is 2.44 bits per heavy atom. The van der Waals surface area contributed by atoms with E-state index in [0.717, 1.165) is 17.8 Å². The molecule has 0 fully saturated rings.